The van der Waals surface area contributed by atoms with E-state index in [0.29, 0.717) is 5.69 Å². The van der Waals surface area contributed by atoms with Crippen molar-refractivity contribution >= 4 is 55.8 Å². The molecule has 0 saturated heterocycles. The van der Waals surface area contributed by atoms with Crippen LogP contribution >= 0.6 is 34.2 Å². The highest BCUT2D eigenvalue weighted by molar-refractivity contribution is 14.1. The summed E-state index contributed by atoms with van der Waals surface area (Å²) in [5.74, 6) is -0.462. The molecule has 0 unspecified atom stereocenters. The first-order chi connectivity index (χ1) is 11.6. The first-order valence-corrected chi connectivity index (χ1v) is 10.4. The van der Waals surface area contributed by atoms with E-state index in [9.17, 15) is 13.2 Å². The van der Waals surface area contributed by atoms with Crippen LogP contribution in [0.1, 0.15) is 24.2 Å². The summed E-state index contributed by atoms with van der Waals surface area (Å²) in [6.07, 6.45) is 0. The summed E-state index contributed by atoms with van der Waals surface area (Å²) in [5, 5.41) is 2.92. The van der Waals surface area contributed by atoms with Crippen molar-refractivity contribution in [2.45, 2.75) is 24.8 Å². The van der Waals surface area contributed by atoms with Crippen molar-refractivity contribution in [3.63, 3.8) is 0 Å². The third kappa shape index (κ3) is 4.72. The van der Waals surface area contributed by atoms with Crippen molar-refractivity contribution in [3.8, 4) is 0 Å². The monoisotopic (exact) mass is 492 g/mol. The number of amides is 1. The number of carbonyl (C=O) groups is 1. The Morgan fingerprint density at radius 1 is 1.20 bits per heavy atom. The zero-order chi connectivity index (χ0) is 18.8. The van der Waals surface area contributed by atoms with Gasteiger partial charge in [-0.1, -0.05) is 17.7 Å². The molecule has 0 aliphatic heterocycles. The lowest BCUT2D eigenvalue weighted by Crippen LogP contribution is -2.33. The zero-order valence-electron chi connectivity index (χ0n) is 14.0. The van der Waals surface area contributed by atoms with Crippen molar-refractivity contribution < 1.29 is 13.2 Å². The molecule has 2 aromatic rings. The Bertz CT molecular complexity index is 901. The number of nitrogens with zero attached hydrogens (tertiary/aromatic N) is 1. The van der Waals surface area contributed by atoms with Crippen molar-refractivity contribution in [2.75, 3.05) is 12.4 Å². The third-order valence-corrected chi connectivity index (χ3v) is 6.70. The predicted molar refractivity (Wildman–Crippen MR) is 109 cm³/mol. The molecule has 0 aromatic heterocycles. The zero-order valence-corrected chi connectivity index (χ0v) is 17.7. The van der Waals surface area contributed by atoms with Gasteiger partial charge in [-0.3, -0.25) is 4.79 Å². The Kier molecular flexibility index (Phi) is 6.47. The van der Waals surface area contributed by atoms with E-state index in [1.807, 2.05) is 12.1 Å². The Balaban J connectivity index is 2.37. The van der Waals surface area contributed by atoms with Crippen LogP contribution in [0.3, 0.4) is 0 Å². The van der Waals surface area contributed by atoms with Gasteiger partial charge in [0.15, 0.2) is 0 Å². The minimum Gasteiger partial charge on any atom is -0.322 e. The Labute approximate surface area is 166 Å². The summed E-state index contributed by atoms with van der Waals surface area (Å²) >= 11 is 8.25. The van der Waals surface area contributed by atoms with Gasteiger partial charge in [-0.2, -0.15) is 4.31 Å². The van der Waals surface area contributed by atoms with Crippen LogP contribution in [-0.4, -0.2) is 31.7 Å². The number of hydrogen-bond donors (Lipinski definition) is 1. The molecule has 8 heteroatoms. The van der Waals surface area contributed by atoms with E-state index < -0.39 is 15.9 Å². The van der Waals surface area contributed by atoms with E-state index in [4.69, 9.17) is 11.6 Å². The second kappa shape index (κ2) is 8.03. The number of benzene rings is 2. The molecule has 134 valence electrons. The van der Waals surface area contributed by atoms with Crippen LogP contribution in [0.15, 0.2) is 47.4 Å². The van der Waals surface area contributed by atoms with Crippen LogP contribution in [0.4, 0.5) is 5.69 Å². The largest absolute Gasteiger partial charge is 0.322 e. The lowest BCUT2D eigenvalue weighted by Gasteiger charge is -2.21. The maximum Gasteiger partial charge on any atom is 0.257 e. The minimum absolute atomic E-state index is 0.0286. The number of halogens is 2. The van der Waals surface area contributed by atoms with Crippen LogP contribution < -0.4 is 5.32 Å². The fourth-order valence-electron chi connectivity index (χ4n) is 2.05. The van der Waals surface area contributed by atoms with Gasteiger partial charge >= 0.3 is 0 Å². The molecule has 2 aromatic carbocycles. The molecule has 0 spiro atoms. The van der Waals surface area contributed by atoms with Crippen LogP contribution in [0.2, 0.25) is 5.02 Å². The molecule has 0 saturated carbocycles. The van der Waals surface area contributed by atoms with Crippen LogP contribution in [0.5, 0.6) is 0 Å². The van der Waals surface area contributed by atoms with Gasteiger partial charge < -0.3 is 5.32 Å². The van der Waals surface area contributed by atoms with Crippen LogP contribution in [0, 0.1) is 3.57 Å². The van der Waals surface area contributed by atoms with Gasteiger partial charge in [0.25, 0.3) is 5.91 Å². The molecule has 0 heterocycles. The molecule has 1 amide bonds. The molecule has 1 N–H and O–H groups in total. The third-order valence-electron chi connectivity index (χ3n) is 3.67. The highest BCUT2D eigenvalue weighted by Crippen LogP contribution is 2.24. The van der Waals surface area contributed by atoms with Gasteiger partial charge in [-0.05, 0) is 72.8 Å². The van der Waals surface area contributed by atoms with E-state index in [2.05, 4.69) is 27.9 Å². The second-order valence-electron chi connectivity index (χ2n) is 5.72. The lowest BCUT2D eigenvalue weighted by molar-refractivity contribution is 0.102. The summed E-state index contributed by atoms with van der Waals surface area (Å²) in [6.45, 7) is 3.55. The second-order valence-corrected chi connectivity index (χ2v) is 9.37. The average molecular weight is 493 g/mol. The first-order valence-electron chi connectivity index (χ1n) is 7.47. The maximum absolute atomic E-state index is 12.6. The Morgan fingerprint density at radius 3 is 2.48 bits per heavy atom. The number of sulfonamides is 1. The summed E-state index contributed by atoms with van der Waals surface area (Å²) in [5.41, 5.74) is 0.722. The molecule has 0 bridgehead atoms. The average Bonchev–Trinajstić information content (AvgIpc) is 2.54. The smallest absolute Gasteiger partial charge is 0.257 e. The number of hydrogen-bond acceptors (Lipinski definition) is 3. The number of nitrogens with one attached hydrogen (secondary N) is 1. The minimum atomic E-state index is -3.70. The molecule has 0 atom stereocenters. The van der Waals surface area contributed by atoms with Gasteiger partial charge in [0, 0.05) is 22.3 Å². The molecular weight excluding hydrogens is 475 g/mol. The Hall–Kier alpha value is -1.16. The molecule has 0 aliphatic carbocycles. The van der Waals surface area contributed by atoms with Gasteiger partial charge in [-0.15, -0.1) is 0 Å². The summed E-state index contributed by atoms with van der Waals surface area (Å²) < 4.78 is 27.4. The summed E-state index contributed by atoms with van der Waals surface area (Å²) in [4.78, 5) is 12.6. The number of carbonyl (C=O) groups excluding carboxylic acids is 1. The quantitative estimate of drug-likeness (QED) is 0.636. The van der Waals surface area contributed by atoms with E-state index in [0.717, 1.165) is 3.57 Å². The number of rotatable bonds is 5. The standard InChI is InChI=1S/C17H18ClIN2O3S/c1-11(2)21(3)25(23,24)14-7-8-16(18)15(10-14)17(22)20-13-6-4-5-12(19)9-13/h4-11H,1-3H3,(H,20,22). The maximum atomic E-state index is 12.6. The molecule has 5 nitrogen and oxygen atoms in total. The van der Waals surface area contributed by atoms with Gasteiger partial charge in [-0.25, -0.2) is 8.42 Å². The van der Waals surface area contributed by atoms with Crippen LogP contribution in [-0.2, 0) is 10.0 Å². The molecule has 0 fully saturated rings. The van der Waals surface area contributed by atoms with Crippen molar-refractivity contribution in [3.05, 3.63) is 56.6 Å². The van der Waals surface area contributed by atoms with E-state index in [1.165, 1.54) is 29.6 Å². The van der Waals surface area contributed by atoms with Crippen LogP contribution in [0.25, 0.3) is 0 Å². The molecule has 0 radical (unpaired) electrons. The van der Waals surface area contributed by atoms with Gasteiger partial charge in [0.2, 0.25) is 10.0 Å². The first kappa shape index (κ1) is 20.2. The fourth-order valence-corrected chi connectivity index (χ4v) is 4.19. The SMILES string of the molecule is CC(C)N(C)S(=O)(=O)c1ccc(Cl)c(C(=O)Nc2cccc(I)c2)c1. The fraction of sp³-hybridized carbons (Fsp3) is 0.235. The van der Waals surface area contributed by atoms with Gasteiger partial charge in [0.05, 0.1) is 15.5 Å². The predicted octanol–water partition coefficient (Wildman–Crippen LogP) is 4.23. The van der Waals surface area contributed by atoms with Crippen molar-refractivity contribution in [1.82, 2.24) is 4.31 Å². The lowest BCUT2D eigenvalue weighted by atomic mass is 10.2. The summed E-state index contributed by atoms with van der Waals surface area (Å²) in [6, 6.07) is 11.2. The highest BCUT2D eigenvalue weighted by Gasteiger charge is 2.25. The van der Waals surface area contributed by atoms with Crippen molar-refractivity contribution in [2.24, 2.45) is 0 Å². The normalized spacial score (nSPS) is 11.8. The highest BCUT2D eigenvalue weighted by atomic mass is 127. The molecule has 0 aliphatic rings. The van der Waals surface area contributed by atoms with Gasteiger partial charge in [0.1, 0.15) is 0 Å². The number of anilines is 1. The molecule has 2 rings (SSSR count). The molecule has 25 heavy (non-hydrogen) atoms. The Morgan fingerprint density at radius 2 is 1.88 bits per heavy atom. The van der Waals surface area contributed by atoms with E-state index in [1.54, 1.807) is 26.0 Å². The summed E-state index contributed by atoms with van der Waals surface area (Å²) in [7, 11) is -2.20. The van der Waals surface area contributed by atoms with Crippen molar-refractivity contribution in [1.29, 1.82) is 0 Å². The van der Waals surface area contributed by atoms with E-state index >= 15 is 0 Å². The topological polar surface area (TPSA) is 66.5 Å². The molecular formula is C17H18ClIN2O3S. The van der Waals surface area contributed by atoms with E-state index in [-0.39, 0.29) is 21.5 Å².